The van der Waals surface area contributed by atoms with Gasteiger partial charge in [0, 0.05) is 19.6 Å². The Morgan fingerprint density at radius 1 is 1.00 bits per heavy atom. The Balaban J connectivity index is 2.18. The maximum Gasteiger partial charge on any atom is 0.157 e. The van der Waals surface area contributed by atoms with Crippen LogP contribution in [0, 0.1) is 11.8 Å². The number of aromatic nitrogens is 2. The molecule has 0 unspecified atom stereocenters. The van der Waals surface area contributed by atoms with E-state index in [1.165, 1.54) is 5.56 Å². The SMILES string of the molecule is CC(C)CN(CC(C)C)c1ncnc(NCc2ccccc2)c1N. The van der Waals surface area contributed by atoms with Gasteiger partial charge in [0.15, 0.2) is 11.6 Å². The van der Waals surface area contributed by atoms with Gasteiger partial charge in [-0.25, -0.2) is 9.97 Å². The van der Waals surface area contributed by atoms with Crippen LogP contribution in [-0.4, -0.2) is 23.1 Å². The minimum absolute atomic E-state index is 0.541. The van der Waals surface area contributed by atoms with Gasteiger partial charge in [-0.05, 0) is 17.4 Å². The van der Waals surface area contributed by atoms with E-state index in [1.54, 1.807) is 6.33 Å². The van der Waals surface area contributed by atoms with Crippen LogP contribution in [0.25, 0.3) is 0 Å². The number of nitrogen functional groups attached to an aromatic ring is 1. The maximum absolute atomic E-state index is 6.37. The van der Waals surface area contributed by atoms with Gasteiger partial charge >= 0.3 is 0 Å². The fraction of sp³-hybridized carbons (Fsp3) is 0.474. The monoisotopic (exact) mass is 327 g/mol. The second kappa shape index (κ2) is 8.52. The molecular weight excluding hydrogens is 298 g/mol. The van der Waals surface area contributed by atoms with Crippen molar-refractivity contribution in [3.63, 3.8) is 0 Å². The highest BCUT2D eigenvalue weighted by Gasteiger charge is 2.17. The zero-order valence-electron chi connectivity index (χ0n) is 15.2. The van der Waals surface area contributed by atoms with E-state index in [0.717, 1.165) is 18.9 Å². The minimum atomic E-state index is 0.541. The molecule has 3 N–H and O–H groups in total. The van der Waals surface area contributed by atoms with E-state index in [2.05, 4.69) is 60.0 Å². The second-order valence-electron chi connectivity index (χ2n) is 6.99. The van der Waals surface area contributed by atoms with Crippen molar-refractivity contribution < 1.29 is 0 Å². The number of nitrogens with zero attached hydrogens (tertiary/aromatic N) is 3. The maximum atomic E-state index is 6.37. The van der Waals surface area contributed by atoms with E-state index in [1.807, 2.05) is 18.2 Å². The highest BCUT2D eigenvalue weighted by molar-refractivity contribution is 5.74. The van der Waals surface area contributed by atoms with E-state index in [0.29, 0.717) is 29.9 Å². The molecule has 0 aliphatic heterocycles. The van der Waals surface area contributed by atoms with Crippen molar-refractivity contribution in [3.8, 4) is 0 Å². The van der Waals surface area contributed by atoms with Crippen LogP contribution < -0.4 is 16.0 Å². The molecule has 2 rings (SSSR count). The normalized spacial score (nSPS) is 11.1. The van der Waals surface area contributed by atoms with Crippen molar-refractivity contribution >= 4 is 17.3 Å². The van der Waals surface area contributed by atoms with E-state index in [-0.39, 0.29) is 0 Å². The van der Waals surface area contributed by atoms with Crippen molar-refractivity contribution in [2.24, 2.45) is 11.8 Å². The fourth-order valence-electron chi connectivity index (χ4n) is 2.69. The molecule has 0 saturated heterocycles. The Bertz CT molecular complexity index is 615. The number of hydrogen-bond donors (Lipinski definition) is 2. The highest BCUT2D eigenvalue weighted by atomic mass is 15.2. The van der Waals surface area contributed by atoms with Gasteiger partial charge in [-0.1, -0.05) is 58.0 Å². The zero-order valence-corrected chi connectivity index (χ0v) is 15.2. The summed E-state index contributed by atoms with van der Waals surface area (Å²) < 4.78 is 0. The number of benzene rings is 1. The molecule has 0 atom stereocenters. The number of rotatable bonds is 8. The molecule has 5 nitrogen and oxygen atoms in total. The summed E-state index contributed by atoms with van der Waals surface area (Å²) in [7, 11) is 0. The summed E-state index contributed by atoms with van der Waals surface area (Å²) in [5, 5.41) is 3.33. The van der Waals surface area contributed by atoms with E-state index in [4.69, 9.17) is 5.73 Å². The second-order valence-corrected chi connectivity index (χ2v) is 6.99. The molecule has 0 aliphatic carbocycles. The lowest BCUT2D eigenvalue weighted by Gasteiger charge is -2.28. The number of anilines is 3. The molecule has 24 heavy (non-hydrogen) atoms. The third-order valence-electron chi connectivity index (χ3n) is 3.64. The summed E-state index contributed by atoms with van der Waals surface area (Å²) >= 11 is 0. The standard InChI is InChI=1S/C19H29N5/c1-14(2)11-24(12-15(3)4)19-17(20)18(22-13-23-19)21-10-16-8-6-5-7-9-16/h5-9,13-15H,10-12,20H2,1-4H3,(H,21,22,23). The van der Waals surface area contributed by atoms with Gasteiger partial charge in [-0.2, -0.15) is 0 Å². The molecule has 0 amide bonds. The molecule has 1 aromatic heterocycles. The van der Waals surface area contributed by atoms with Crippen LogP contribution in [0.5, 0.6) is 0 Å². The summed E-state index contributed by atoms with van der Waals surface area (Å²) in [6, 6.07) is 10.2. The van der Waals surface area contributed by atoms with E-state index < -0.39 is 0 Å². The van der Waals surface area contributed by atoms with Crippen LogP contribution in [0.3, 0.4) is 0 Å². The Hall–Kier alpha value is -2.30. The lowest BCUT2D eigenvalue weighted by Crippen LogP contribution is -2.33. The fourth-order valence-corrected chi connectivity index (χ4v) is 2.69. The Labute approximate surface area is 145 Å². The summed E-state index contributed by atoms with van der Waals surface area (Å²) in [4.78, 5) is 11.0. The van der Waals surface area contributed by atoms with Crippen LogP contribution in [0.15, 0.2) is 36.7 Å². The first-order valence-electron chi connectivity index (χ1n) is 8.60. The van der Waals surface area contributed by atoms with Crippen LogP contribution >= 0.6 is 0 Å². The van der Waals surface area contributed by atoms with Crippen LogP contribution in [0.2, 0.25) is 0 Å². The van der Waals surface area contributed by atoms with Gasteiger partial charge in [-0.3, -0.25) is 0 Å². The zero-order chi connectivity index (χ0) is 17.5. The smallest absolute Gasteiger partial charge is 0.157 e. The quantitative estimate of drug-likeness (QED) is 0.772. The Kier molecular flexibility index (Phi) is 6.41. The van der Waals surface area contributed by atoms with E-state index >= 15 is 0 Å². The van der Waals surface area contributed by atoms with Crippen molar-refractivity contribution in [2.75, 3.05) is 29.0 Å². The van der Waals surface area contributed by atoms with Crippen molar-refractivity contribution in [1.29, 1.82) is 0 Å². The minimum Gasteiger partial charge on any atom is -0.393 e. The lowest BCUT2D eigenvalue weighted by molar-refractivity contribution is 0.549. The van der Waals surface area contributed by atoms with Crippen LogP contribution in [0.1, 0.15) is 33.3 Å². The molecule has 1 heterocycles. The molecule has 0 aliphatic rings. The lowest BCUT2D eigenvalue weighted by atomic mass is 10.1. The molecule has 130 valence electrons. The third-order valence-corrected chi connectivity index (χ3v) is 3.64. The number of nitrogens with one attached hydrogen (secondary N) is 1. The molecule has 2 aromatic rings. The topological polar surface area (TPSA) is 67.1 Å². The summed E-state index contributed by atoms with van der Waals surface area (Å²) in [6.45, 7) is 11.4. The molecule has 5 heteroatoms. The number of hydrogen-bond acceptors (Lipinski definition) is 5. The number of nitrogens with two attached hydrogens (primary N) is 1. The largest absolute Gasteiger partial charge is 0.393 e. The van der Waals surface area contributed by atoms with Crippen molar-refractivity contribution in [2.45, 2.75) is 34.2 Å². The average Bonchev–Trinajstić information content (AvgIpc) is 2.53. The molecule has 0 spiro atoms. The molecule has 0 bridgehead atoms. The van der Waals surface area contributed by atoms with Crippen molar-refractivity contribution in [1.82, 2.24) is 9.97 Å². The van der Waals surface area contributed by atoms with Gasteiger partial charge in [0.1, 0.15) is 12.0 Å². The highest BCUT2D eigenvalue weighted by Crippen LogP contribution is 2.27. The van der Waals surface area contributed by atoms with Crippen LogP contribution in [-0.2, 0) is 6.54 Å². The first-order chi connectivity index (χ1) is 11.5. The van der Waals surface area contributed by atoms with Gasteiger partial charge in [-0.15, -0.1) is 0 Å². The first-order valence-corrected chi connectivity index (χ1v) is 8.60. The summed E-state index contributed by atoms with van der Waals surface area (Å²) in [5.41, 5.74) is 8.18. The summed E-state index contributed by atoms with van der Waals surface area (Å²) in [5.74, 6) is 2.60. The Morgan fingerprint density at radius 2 is 1.62 bits per heavy atom. The van der Waals surface area contributed by atoms with E-state index in [9.17, 15) is 0 Å². The van der Waals surface area contributed by atoms with Gasteiger partial charge < -0.3 is 16.0 Å². The molecular formula is C19H29N5. The molecule has 0 fully saturated rings. The van der Waals surface area contributed by atoms with Gasteiger partial charge in [0.05, 0.1) is 0 Å². The predicted octanol–water partition coefficient (Wildman–Crippen LogP) is 3.79. The predicted molar refractivity (Wildman–Crippen MR) is 102 cm³/mol. The van der Waals surface area contributed by atoms with Crippen LogP contribution in [0.4, 0.5) is 17.3 Å². The molecule has 1 aromatic carbocycles. The molecule has 0 saturated carbocycles. The molecule has 0 radical (unpaired) electrons. The Morgan fingerprint density at radius 3 is 2.21 bits per heavy atom. The van der Waals surface area contributed by atoms with Gasteiger partial charge in [0.25, 0.3) is 0 Å². The third kappa shape index (κ3) is 5.11. The van der Waals surface area contributed by atoms with Crippen molar-refractivity contribution in [3.05, 3.63) is 42.2 Å². The summed E-state index contributed by atoms with van der Waals surface area (Å²) in [6.07, 6.45) is 1.59. The van der Waals surface area contributed by atoms with Gasteiger partial charge in [0.2, 0.25) is 0 Å². The first kappa shape index (κ1) is 18.0. The average molecular weight is 327 g/mol.